The van der Waals surface area contributed by atoms with Gasteiger partial charge in [-0.3, -0.25) is 4.79 Å². The molecule has 8 nitrogen and oxygen atoms in total. The number of hydrogen-bond donors (Lipinski definition) is 2. The minimum Gasteiger partial charge on any atom is -0.367 e. The standard InChI is InChI=1S/C18H17N7O/c1-13-4-2-6-15(10-13)25-12-16(23-24-25)18(26)22-9-8-21-17-14(11-19)5-3-7-20-17/h2-7,10,12H,8-9H2,1H3,(H,20,21)(H,22,26). The molecule has 2 N–H and O–H groups in total. The van der Waals surface area contributed by atoms with Gasteiger partial charge in [-0.25, -0.2) is 9.67 Å². The fourth-order valence-corrected chi connectivity index (χ4v) is 2.35. The van der Waals surface area contributed by atoms with Crippen LogP contribution in [0.4, 0.5) is 5.82 Å². The van der Waals surface area contributed by atoms with Gasteiger partial charge in [0.15, 0.2) is 5.69 Å². The van der Waals surface area contributed by atoms with Crippen molar-refractivity contribution in [2.75, 3.05) is 18.4 Å². The Morgan fingerprint density at radius 3 is 2.96 bits per heavy atom. The molecule has 1 amide bonds. The number of aryl methyl sites for hydroxylation is 1. The summed E-state index contributed by atoms with van der Waals surface area (Å²) in [5, 5.41) is 22.7. The number of amides is 1. The molecule has 0 radical (unpaired) electrons. The Kier molecular flexibility index (Phi) is 5.19. The summed E-state index contributed by atoms with van der Waals surface area (Å²) in [5.74, 6) is 0.182. The van der Waals surface area contributed by atoms with Gasteiger partial charge >= 0.3 is 0 Å². The lowest BCUT2D eigenvalue weighted by atomic mass is 10.2. The Morgan fingerprint density at radius 1 is 1.27 bits per heavy atom. The van der Waals surface area contributed by atoms with E-state index in [0.717, 1.165) is 11.3 Å². The molecular formula is C18H17N7O. The second-order valence-electron chi connectivity index (χ2n) is 5.58. The molecule has 3 rings (SSSR count). The van der Waals surface area contributed by atoms with Gasteiger partial charge in [-0.2, -0.15) is 5.26 Å². The number of carbonyl (C=O) groups is 1. The van der Waals surface area contributed by atoms with Crippen LogP contribution in [0.2, 0.25) is 0 Å². The maximum absolute atomic E-state index is 12.2. The molecule has 0 aliphatic carbocycles. The van der Waals surface area contributed by atoms with E-state index in [4.69, 9.17) is 5.26 Å². The van der Waals surface area contributed by atoms with Crippen LogP contribution >= 0.6 is 0 Å². The van der Waals surface area contributed by atoms with Crippen LogP contribution in [0.1, 0.15) is 21.6 Å². The van der Waals surface area contributed by atoms with Crippen LogP contribution in [-0.4, -0.2) is 39.0 Å². The highest BCUT2D eigenvalue weighted by Gasteiger charge is 2.11. The number of nitriles is 1. The predicted octanol–water partition coefficient (Wildman–Crippen LogP) is 1.68. The minimum absolute atomic E-state index is 0.238. The molecule has 0 saturated carbocycles. The van der Waals surface area contributed by atoms with Gasteiger partial charge in [-0.1, -0.05) is 17.3 Å². The Labute approximate surface area is 150 Å². The number of rotatable bonds is 6. The number of nitrogens with one attached hydrogen (secondary N) is 2. The van der Waals surface area contributed by atoms with Crippen LogP contribution < -0.4 is 10.6 Å². The quantitative estimate of drug-likeness (QED) is 0.657. The Balaban J connectivity index is 1.54. The number of anilines is 1. The normalized spacial score (nSPS) is 10.2. The first kappa shape index (κ1) is 17.1. The lowest BCUT2D eigenvalue weighted by Crippen LogP contribution is -2.29. The number of hydrogen-bond acceptors (Lipinski definition) is 6. The molecule has 1 aromatic carbocycles. The zero-order chi connectivity index (χ0) is 18.4. The molecule has 130 valence electrons. The molecule has 26 heavy (non-hydrogen) atoms. The van der Waals surface area contributed by atoms with Crippen LogP contribution in [0, 0.1) is 18.3 Å². The SMILES string of the molecule is Cc1cccc(-n2cc(C(=O)NCCNc3ncccc3C#N)nn2)c1. The van der Waals surface area contributed by atoms with Crippen molar-refractivity contribution in [3.63, 3.8) is 0 Å². The average Bonchev–Trinajstić information content (AvgIpc) is 3.16. The van der Waals surface area contributed by atoms with Crippen LogP contribution in [0.15, 0.2) is 48.8 Å². The lowest BCUT2D eigenvalue weighted by molar-refractivity contribution is 0.0950. The summed E-state index contributed by atoms with van der Waals surface area (Å²) in [6.45, 7) is 2.78. The molecule has 2 aromatic heterocycles. The molecule has 0 aliphatic heterocycles. The van der Waals surface area contributed by atoms with E-state index in [1.807, 2.05) is 31.2 Å². The van der Waals surface area contributed by atoms with Crippen LogP contribution in [-0.2, 0) is 0 Å². The van der Waals surface area contributed by atoms with Gasteiger partial charge in [0.05, 0.1) is 17.4 Å². The second kappa shape index (κ2) is 7.90. The summed E-state index contributed by atoms with van der Waals surface area (Å²) < 4.78 is 1.56. The Morgan fingerprint density at radius 2 is 2.15 bits per heavy atom. The van der Waals surface area contributed by atoms with E-state index >= 15 is 0 Å². The Bertz CT molecular complexity index is 958. The largest absolute Gasteiger partial charge is 0.367 e. The number of aromatic nitrogens is 4. The number of benzene rings is 1. The van der Waals surface area contributed by atoms with Crippen molar-refractivity contribution in [2.24, 2.45) is 0 Å². The summed E-state index contributed by atoms with van der Waals surface area (Å²) >= 11 is 0. The molecule has 0 saturated heterocycles. The maximum atomic E-state index is 12.2. The van der Waals surface area contributed by atoms with E-state index in [2.05, 4.69) is 32.0 Å². The number of pyridine rings is 1. The molecule has 2 heterocycles. The first-order valence-corrected chi connectivity index (χ1v) is 8.04. The summed E-state index contributed by atoms with van der Waals surface area (Å²) in [6.07, 6.45) is 3.19. The summed E-state index contributed by atoms with van der Waals surface area (Å²) in [5.41, 5.74) is 2.64. The van der Waals surface area contributed by atoms with Gasteiger partial charge in [0, 0.05) is 19.3 Å². The van der Waals surface area contributed by atoms with E-state index in [9.17, 15) is 4.79 Å². The van der Waals surface area contributed by atoms with Gasteiger partial charge in [-0.15, -0.1) is 5.10 Å². The summed E-state index contributed by atoms with van der Waals surface area (Å²) in [7, 11) is 0. The van der Waals surface area contributed by atoms with Gasteiger partial charge < -0.3 is 10.6 Å². The van der Waals surface area contributed by atoms with E-state index in [1.165, 1.54) is 0 Å². The molecule has 0 unspecified atom stereocenters. The van der Waals surface area contributed by atoms with E-state index in [-0.39, 0.29) is 11.6 Å². The van der Waals surface area contributed by atoms with Gasteiger partial charge in [-0.05, 0) is 36.8 Å². The van der Waals surface area contributed by atoms with Gasteiger partial charge in [0.2, 0.25) is 0 Å². The molecule has 0 fully saturated rings. The third kappa shape index (κ3) is 4.02. The summed E-state index contributed by atoms with van der Waals surface area (Å²) in [4.78, 5) is 16.3. The predicted molar refractivity (Wildman–Crippen MR) is 95.9 cm³/mol. The van der Waals surface area contributed by atoms with Crippen molar-refractivity contribution in [1.29, 1.82) is 5.26 Å². The molecule has 0 aliphatic rings. The first-order chi connectivity index (χ1) is 12.7. The number of nitrogens with zero attached hydrogens (tertiary/aromatic N) is 5. The van der Waals surface area contributed by atoms with Gasteiger partial charge in [0.1, 0.15) is 11.9 Å². The molecule has 0 atom stereocenters. The van der Waals surface area contributed by atoms with Crippen molar-refractivity contribution >= 4 is 11.7 Å². The van der Waals surface area contributed by atoms with Crippen LogP contribution in [0.5, 0.6) is 0 Å². The highest BCUT2D eigenvalue weighted by Crippen LogP contribution is 2.10. The first-order valence-electron chi connectivity index (χ1n) is 8.04. The monoisotopic (exact) mass is 347 g/mol. The molecule has 0 spiro atoms. The van der Waals surface area contributed by atoms with E-state index in [1.54, 1.807) is 29.2 Å². The average molecular weight is 347 g/mol. The molecule has 0 bridgehead atoms. The smallest absolute Gasteiger partial charge is 0.273 e. The third-order valence-corrected chi connectivity index (χ3v) is 3.62. The van der Waals surface area contributed by atoms with Crippen molar-refractivity contribution < 1.29 is 4.79 Å². The molecular weight excluding hydrogens is 330 g/mol. The van der Waals surface area contributed by atoms with Crippen molar-refractivity contribution in [2.45, 2.75) is 6.92 Å². The lowest BCUT2D eigenvalue weighted by Gasteiger charge is -2.07. The highest BCUT2D eigenvalue weighted by molar-refractivity contribution is 5.91. The van der Waals surface area contributed by atoms with Crippen LogP contribution in [0.3, 0.4) is 0 Å². The van der Waals surface area contributed by atoms with Crippen molar-refractivity contribution in [3.05, 3.63) is 65.6 Å². The highest BCUT2D eigenvalue weighted by atomic mass is 16.2. The summed E-state index contributed by atoms with van der Waals surface area (Å²) in [6, 6.07) is 13.2. The van der Waals surface area contributed by atoms with Gasteiger partial charge in [0.25, 0.3) is 5.91 Å². The zero-order valence-electron chi connectivity index (χ0n) is 14.2. The van der Waals surface area contributed by atoms with Crippen LogP contribution in [0.25, 0.3) is 5.69 Å². The van der Waals surface area contributed by atoms with E-state index < -0.39 is 0 Å². The third-order valence-electron chi connectivity index (χ3n) is 3.62. The Hall–Kier alpha value is -3.73. The van der Waals surface area contributed by atoms with Crippen molar-refractivity contribution in [3.8, 4) is 11.8 Å². The fraction of sp³-hybridized carbons (Fsp3) is 0.167. The topological polar surface area (TPSA) is 109 Å². The maximum Gasteiger partial charge on any atom is 0.273 e. The number of carbonyl (C=O) groups excluding carboxylic acids is 1. The molecule has 3 aromatic rings. The van der Waals surface area contributed by atoms with E-state index in [0.29, 0.717) is 24.5 Å². The van der Waals surface area contributed by atoms with Crippen molar-refractivity contribution in [1.82, 2.24) is 25.3 Å². The molecule has 8 heteroatoms. The minimum atomic E-state index is -0.313. The zero-order valence-corrected chi connectivity index (χ0v) is 14.2. The second-order valence-corrected chi connectivity index (χ2v) is 5.58. The fourth-order valence-electron chi connectivity index (χ4n) is 2.35.